The molecule has 3 nitrogen and oxygen atoms in total. The van der Waals surface area contributed by atoms with Crippen LogP contribution in [0.3, 0.4) is 0 Å². The fourth-order valence-corrected chi connectivity index (χ4v) is 2.02. The normalized spacial score (nSPS) is 19.0. The number of nitrogens with zero attached hydrogens (tertiary/aromatic N) is 1. The van der Waals surface area contributed by atoms with Crippen molar-refractivity contribution in [1.29, 1.82) is 0 Å². The number of hydrogen-bond acceptors (Lipinski definition) is 2. The van der Waals surface area contributed by atoms with Crippen molar-refractivity contribution in [2.45, 2.75) is 25.1 Å². The second-order valence-electron chi connectivity index (χ2n) is 4.35. The standard InChI is InChI=1S/C12H10BF4NO2/c13-4-11(19)18-5-7-3-8(14)1-2-9(7)20-6-10(18)12(15,16)17/h1-3,10H,4-6H2/t10-/m0/s1. The molecule has 0 saturated carbocycles. The lowest BCUT2D eigenvalue weighted by molar-refractivity contribution is -0.194. The molecular formula is C12H10BF4NO2. The Hall–Kier alpha value is -1.73. The van der Waals surface area contributed by atoms with Gasteiger partial charge in [0.25, 0.3) is 0 Å². The number of fused-ring (bicyclic) bond motifs is 1. The van der Waals surface area contributed by atoms with E-state index in [0.29, 0.717) is 4.90 Å². The van der Waals surface area contributed by atoms with E-state index in [0.717, 1.165) is 12.1 Å². The summed E-state index contributed by atoms with van der Waals surface area (Å²) in [4.78, 5) is 12.2. The smallest absolute Gasteiger partial charge is 0.412 e. The molecule has 1 heterocycles. The van der Waals surface area contributed by atoms with Gasteiger partial charge in [-0.15, -0.1) is 0 Å². The minimum Gasteiger partial charge on any atom is -0.491 e. The maximum absolute atomic E-state index is 13.2. The van der Waals surface area contributed by atoms with E-state index in [-0.39, 0.29) is 11.3 Å². The van der Waals surface area contributed by atoms with Crippen LogP contribution < -0.4 is 4.74 Å². The Balaban J connectivity index is 2.39. The Bertz CT molecular complexity index is 521. The van der Waals surface area contributed by atoms with E-state index in [2.05, 4.69) is 0 Å². The number of carbonyl (C=O) groups excluding carboxylic acids is 1. The quantitative estimate of drug-likeness (QED) is 0.584. The third-order valence-electron chi connectivity index (χ3n) is 3.01. The molecule has 0 spiro atoms. The Kier molecular flexibility index (Phi) is 3.92. The maximum atomic E-state index is 13.2. The van der Waals surface area contributed by atoms with Crippen molar-refractivity contribution in [2.24, 2.45) is 0 Å². The van der Waals surface area contributed by atoms with Gasteiger partial charge >= 0.3 is 6.18 Å². The molecule has 106 valence electrons. The summed E-state index contributed by atoms with van der Waals surface area (Å²) in [5.41, 5.74) is 0.179. The van der Waals surface area contributed by atoms with E-state index in [1.807, 2.05) is 0 Å². The van der Waals surface area contributed by atoms with Gasteiger partial charge in [0.1, 0.15) is 18.2 Å². The molecule has 1 aliphatic heterocycles. The lowest BCUT2D eigenvalue weighted by Crippen LogP contribution is -2.50. The zero-order valence-corrected chi connectivity index (χ0v) is 10.3. The zero-order chi connectivity index (χ0) is 14.9. The van der Waals surface area contributed by atoms with Gasteiger partial charge < -0.3 is 9.64 Å². The molecule has 20 heavy (non-hydrogen) atoms. The van der Waals surface area contributed by atoms with Crippen LogP contribution in [0, 0.1) is 5.82 Å². The van der Waals surface area contributed by atoms with Crippen molar-refractivity contribution < 1.29 is 27.1 Å². The number of alkyl halides is 3. The van der Waals surface area contributed by atoms with Crippen molar-refractivity contribution >= 4 is 13.8 Å². The van der Waals surface area contributed by atoms with Crippen molar-refractivity contribution in [3.8, 4) is 5.75 Å². The molecule has 0 bridgehead atoms. The Morgan fingerprint density at radius 2 is 2.15 bits per heavy atom. The molecule has 1 atom stereocenters. The highest BCUT2D eigenvalue weighted by molar-refractivity contribution is 6.19. The molecule has 1 aromatic carbocycles. The number of amides is 1. The predicted octanol–water partition coefficient (Wildman–Crippen LogP) is 2.06. The van der Waals surface area contributed by atoms with Crippen LogP contribution in [-0.2, 0) is 11.3 Å². The fourth-order valence-electron chi connectivity index (χ4n) is 2.02. The van der Waals surface area contributed by atoms with Gasteiger partial charge in [-0.05, 0) is 24.5 Å². The summed E-state index contributed by atoms with van der Waals surface area (Å²) < 4.78 is 57.2. The second kappa shape index (κ2) is 5.34. The summed E-state index contributed by atoms with van der Waals surface area (Å²) in [6, 6.07) is 1.27. The molecular weight excluding hydrogens is 277 g/mol. The highest BCUT2D eigenvalue weighted by Crippen LogP contribution is 2.32. The third kappa shape index (κ3) is 2.89. The first kappa shape index (κ1) is 14.7. The highest BCUT2D eigenvalue weighted by Gasteiger charge is 2.47. The van der Waals surface area contributed by atoms with E-state index in [1.165, 1.54) is 6.07 Å². The van der Waals surface area contributed by atoms with Crippen molar-refractivity contribution in [2.75, 3.05) is 6.61 Å². The van der Waals surface area contributed by atoms with Gasteiger partial charge in [0.2, 0.25) is 5.91 Å². The van der Waals surface area contributed by atoms with Crippen LogP contribution in [0.15, 0.2) is 18.2 Å². The lowest BCUT2D eigenvalue weighted by atomic mass is 10.0. The summed E-state index contributed by atoms with van der Waals surface area (Å²) in [5, 5.41) is 0. The van der Waals surface area contributed by atoms with Gasteiger partial charge in [-0.2, -0.15) is 13.2 Å². The minimum absolute atomic E-state index is 0.132. The van der Waals surface area contributed by atoms with Crippen molar-refractivity contribution in [3.63, 3.8) is 0 Å². The first-order valence-corrected chi connectivity index (χ1v) is 5.80. The predicted molar refractivity (Wildman–Crippen MR) is 62.8 cm³/mol. The van der Waals surface area contributed by atoms with Crippen LogP contribution in [0.25, 0.3) is 0 Å². The Morgan fingerprint density at radius 3 is 2.75 bits per heavy atom. The molecule has 0 saturated heterocycles. The van der Waals surface area contributed by atoms with Crippen LogP contribution >= 0.6 is 0 Å². The fraction of sp³-hybridized carbons (Fsp3) is 0.417. The molecule has 1 aromatic rings. The summed E-state index contributed by atoms with van der Waals surface area (Å²) >= 11 is 0. The number of rotatable bonds is 1. The number of benzene rings is 1. The van der Waals surface area contributed by atoms with Crippen LogP contribution in [-0.4, -0.2) is 37.5 Å². The topological polar surface area (TPSA) is 29.5 Å². The lowest BCUT2D eigenvalue weighted by Gasteiger charge is -2.30. The van der Waals surface area contributed by atoms with Crippen LogP contribution in [0.1, 0.15) is 5.56 Å². The van der Waals surface area contributed by atoms with Gasteiger partial charge in [0, 0.05) is 5.56 Å². The molecule has 0 N–H and O–H groups in total. The third-order valence-corrected chi connectivity index (χ3v) is 3.01. The number of hydrogen-bond donors (Lipinski definition) is 0. The molecule has 2 rings (SSSR count). The molecule has 2 radical (unpaired) electrons. The van der Waals surface area contributed by atoms with Crippen LogP contribution in [0.4, 0.5) is 17.6 Å². The monoisotopic (exact) mass is 287 g/mol. The molecule has 0 fully saturated rings. The average molecular weight is 287 g/mol. The number of carbonyl (C=O) groups is 1. The molecule has 8 heteroatoms. The van der Waals surface area contributed by atoms with Gasteiger partial charge in [-0.3, -0.25) is 4.79 Å². The Labute approximate surface area is 113 Å². The first-order valence-electron chi connectivity index (χ1n) is 5.80. The molecule has 0 aromatic heterocycles. The van der Waals surface area contributed by atoms with E-state index >= 15 is 0 Å². The van der Waals surface area contributed by atoms with E-state index < -0.39 is 43.4 Å². The van der Waals surface area contributed by atoms with Crippen LogP contribution in [0.5, 0.6) is 5.75 Å². The number of ether oxygens (including phenoxy) is 1. The first-order chi connectivity index (χ1) is 9.32. The van der Waals surface area contributed by atoms with Gasteiger partial charge in [0.15, 0.2) is 6.04 Å². The van der Waals surface area contributed by atoms with E-state index in [4.69, 9.17) is 12.6 Å². The summed E-state index contributed by atoms with van der Waals surface area (Å²) in [7, 11) is 5.14. The van der Waals surface area contributed by atoms with Crippen LogP contribution in [0.2, 0.25) is 6.32 Å². The highest BCUT2D eigenvalue weighted by atomic mass is 19.4. The summed E-state index contributed by atoms with van der Waals surface area (Å²) in [6.07, 6.45) is -5.21. The number of halogens is 4. The molecule has 1 amide bonds. The maximum Gasteiger partial charge on any atom is 0.412 e. The largest absolute Gasteiger partial charge is 0.491 e. The molecule has 0 unspecified atom stereocenters. The zero-order valence-electron chi connectivity index (χ0n) is 10.3. The molecule has 0 aliphatic carbocycles. The van der Waals surface area contributed by atoms with Gasteiger partial charge in [0.05, 0.1) is 14.4 Å². The summed E-state index contributed by atoms with van der Waals surface area (Å²) in [5.74, 6) is -1.35. The van der Waals surface area contributed by atoms with Crippen molar-refractivity contribution in [1.82, 2.24) is 4.90 Å². The van der Waals surface area contributed by atoms with Gasteiger partial charge in [-0.1, -0.05) is 0 Å². The second-order valence-corrected chi connectivity index (χ2v) is 4.35. The SMILES string of the molecule is [B]CC(=O)N1Cc2cc(F)ccc2OC[C@H]1C(F)(F)F. The van der Waals surface area contributed by atoms with E-state index in [1.54, 1.807) is 0 Å². The summed E-state index contributed by atoms with van der Waals surface area (Å²) in [6.45, 7) is -1.14. The Morgan fingerprint density at radius 1 is 1.45 bits per heavy atom. The van der Waals surface area contributed by atoms with E-state index in [9.17, 15) is 22.4 Å². The van der Waals surface area contributed by atoms with Crippen molar-refractivity contribution in [3.05, 3.63) is 29.6 Å². The average Bonchev–Trinajstić information content (AvgIpc) is 2.56. The van der Waals surface area contributed by atoms with Gasteiger partial charge in [-0.25, -0.2) is 4.39 Å². The molecule has 1 aliphatic rings. The minimum atomic E-state index is -4.65.